The van der Waals surface area contributed by atoms with E-state index in [2.05, 4.69) is 34.1 Å². The first-order valence-electron chi connectivity index (χ1n) is 3.43. The van der Waals surface area contributed by atoms with Gasteiger partial charge in [0, 0.05) is 4.47 Å². The molecule has 0 aliphatic carbocycles. The highest BCUT2D eigenvalue weighted by Gasteiger charge is 1.94. The zero-order chi connectivity index (χ0) is 7.68. The summed E-state index contributed by atoms with van der Waals surface area (Å²) in [6, 6.07) is 15.3. The van der Waals surface area contributed by atoms with Gasteiger partial charge in [-0.15, -0.1) is 0 Å². The predicted molar refractivity (Wildman–Crippen MR) is 50.5 cm³/mol. The van der Waals surface area contributed by atoms with E-state index < -0.39 is 0 Å². The Labute approximate surface area is 74.0 Å². The lowest BCUT2D eigenvalue weighted by Gasteiger charge is -1.96. The van der Waals surface area contributed by atoms with Gasteiger partial charge >= 0.3 is 0 Å². The van der Waals surface area contributed by atoms with Crippen LogP contribution in [0.3, 0.4) is 0 Å². The van der Waals surface area contributed by atoms with Crippen molar-refractivity contribution in [3.8, 4) is 0 Å². The van der Waals surface area contributed by atoms with Crippen molar-refractivity contribution in [2.24, 2.45) is 0 Å². The first-order valence-corrected chi connectivity index (χ1v) is 4.22. The van der Waals surface area contributed by atoms with Crippen molar-refractivity contribution in [2.75, 3.05) is 0 Å². The first kappa shape index (κ1) is 6.86. The minimum atomic E-state index is 1.13. The Hall–Kier alpha value is -0.820. The zero-order valence-corrected chi connectivity index (χ0v) is 7.43. The topological polar surface area (TPSA) is 0 Å². The lowest BCUT2D eigenvalue weighted by molar-refractivity contribution is 1.70. The van der Waals surface area contributed by atoms with E-state index in [9.17, 15) is 0 Å². The van der Waals surface area contributed by atoms with Crippen LogP contribution in [0.4, 0.5) is 0 Å². The quantitative estimate of drug-likeness (QED) is 0.619. The molecule has 0 fully saturated rings. The molecule has 0 amide bonds. The highest BCUT2D eigenvalue weighted by molar-refractivity contribution is 9.10. The maximum Gasteiger partial charge on any atom is 0.0254 e. The van der Waals surface area contributed by atoms with Gasteiger partial charge < -0.3 is 0 Å². The van der Waals surface area contributed by atoms with Crippen LogP contribution >= 0.6 is 15.9 Å². The normalized spacial score (nSPS) is 10.3. The summed E-state index contributed by atoms with van der Waals surface area (Å²) in [5.74, 6) is 0. The lowest BCUT2D eigenvalue weighted by atomic mass is 10.1. The molecule has 0 saturated carbocycles. The molecule has 2 aromatic rings. The van der Waals surface area contributed by atoms with Gasteiger partial charge in [0.05, 0.1) is 0 Å². The third-order valence-corrected chi connectivity index (χ3v) is 2.34. The van der Waals surface area contributed by atoms with Gasteiger partial charge in [-0.1, -0.05) is 46.3 Å². The maximum absolute atomic E-state index is 3.48. The van der Waals surface area contributed by atoms with Gasteiger partial charge in [0.2, 0.25) is 0 Å². The molecule has 11 heavy (non-hydrogen) atoms. The van der Waals surface area contributed by atoms with Crippen LogP contribution in [0.2, 0.25) is 0 Å². The Balaban J connectivity index is 2.91. The number of benzene rings is 2. The van der Waals surface area contributed by atoms with Crippen molar-refractivity contribution >= 4 is 26.7 Å². The molecule has 0 aromatic heterocycles. The van der Waals surface area contributed by atoms with E-state index in [4.69, 9.17) is 0 Å². The van der Waals surface area contributed by atoms with E-state index in [-0.39, 0.29) is 0 Å². The average Bonchev–Trinajstić information content (AvgIpc) is 2.06. The minimum absolute atomic E-state index is 1.13. The highest BCUT2D eigenvalue weighted by Crippen LogP contribution is 2.22. The molecule has 1 radical (unpaired) electrons. The second-order valence-corrected chi connectivity index (χ2v) is 3.23. The fourth-order valence-corrected chi connectivity index (χ4v) is 1.59. The van der Waals surface area contributed by atoms with Gasteiger partial charge in [-0.05, 0) is 22.9 Å². The molecule has 2 rings (SSSR count). The van der Waals surface area contributed by atoms with E-state index in [1.165, 1.54) is 5.39 Å². The number of hydrogen-bond donors (Lipinski definition) is 0. The largest absolute Gasteiger partial charge is 0.0616 e. The summed E-state index contributed by atoms with van der Waals surface area (Å²) in [5.41, 5.74) is 0. The molecule has 0 N–H and O–H groups in total. The summed E-state index contributed by atoms with van der Waals surface area (Å²) in [6.07, 6.45) is 0. The first-order chi connectivity index (χ1) is 5.38. The number of rotatable bonds is 0. The van der Waals surface area contributed by atoms with Crippen LogP contribution in [0, 0.1) is 6.07 Å². The third kappa shape index (κ3) is 1.16. The van der Waals surface area contributed by atoms with Gasteiger partial charge in [0.1, 0.15) is 0 Å². The molecular weight excluding hydrogens is 200 g/mol. The van der Waals surface area contributed by atoms with Crippen molar-refractivity contribution in [1.29, 1.82) is 0 Å². The van der Waals surface area contributed by atoms with Gasteiger partial charge in [-0.2, -0.15) is 0 Å². The molecule has 0 saturated heterocycles. The summed E-state index contributed by atoms with van der Waals surface area (Å²) in [6.45, 7) is 0. The Bertz CT molecular complexity index is 374. The number of hydrogen-bond acceptors (Lipinski definition) is 0. The molecular formula is C10H6Br. The fraction of sp³-hybridized carbons (Fsp3) is 0. The summed E-state index contributed by atoms with van der Waals surface area (Å²) in [5, 5.41) is 2.37. The molecule has 0 aliphatic heterocycles. The van der Waals surface area contributed by atoms with Crippen LogP contribution in [0.25, 0.3) is 10.8 Å². The Morgan fingerprint density at radius 3 is 2.73 bits per heavy atom. The third-order valence-electron chi connectivity index (χ3n) is 1.65. The molecule has 0 unspecified atom stereocenters. The monoisotopic (exact) mass is 205 g/mol. The van der Waals surface area contributed by atoms with E-state index in [1.807, 2.05) is 24.3 Å². The molecule has 53 valence electrons. The number of halogens is 1. The van der Waals surface area contributed by atoms with Gasteiger partial charge in [-0.3, -0.25) is 0 Å². The van der Waals surface area contributed by atoms with Gasteiger partial charge in [0.15, 0.2) is 0 Å². The Morgan fingerprint density at radius 2 is 1.91 bits per heavy atom. The van der Waals surface area contributed by atoms with E-state index >= 15 is 0 Å². The van der Waals surface area contributed by atoms with Crippen molar-refractivity contribution in [3.05, 3.63) is 46.9 Å². The van der Waals surface area contributed by atoms with E-state index in [0.29, 0.717) is 0 Å². The van der Waals surface area contributed by atoms with Crippen LogP contribution in [0.5, 0.6) is 0 Å². The van der Waals surface area contributed by atoms with Crippen molar-refractivity contribution < 1.29 is 0 Å². The highest BCUT2D eigenvalue weighted by atomic mass is 79.9. The summed E-state index contributed by atoms with van der Waals surface area (Å²) in [7, 11) is 0. The van der Waals surface area contributed by atoms with Crippen LogP contribution in [0.15, 0.2) is 40.9 Å². The van der Waals surface area contributed by atoms with Crippen LogP contribution < -0.4 is 0 Å². The van der Waals surface area contributed by atoms with Crippen molar-refractivity contribution in [2.45, 2.75) is 0 Å². The van der Waals surface area contributed by atoms with Crippen LogP contribution in [-0.2, 0) is 0 Å². The van der Waals surface area contributed by atoms with Crippen LogP contribution in [0.1, 0.15) is 0 Å². The SMILES string of the molecule is Brc1cc[c]c2ccccc12. The molecule has 0 heterocycles. The zero-order valence-electron chi connectivity index (χ0n) is 5.84. The molecule has 0 bridgehead atoms. The van der Waals surface area contributed by atoms with Crippen LogP contribution in [-0.4, -0.2) is 0 Å². The summed E-state index contributed by atoms with van der Waals surface area (Å²) < 4.78 is 1.13. The van der Waals surface area contributed by atoms with E-state index in [1.54, 1.807) is 0 Å². The smallest absolute Gasteiger partial charge is 0.0254 e. The second kappa shape index (κ2) is 2.67. The fourth-order valence-electron chi connectivity index (χ4n) is 1.11. The molecule has 0 atom stereocenters. The van der Waals surface area contributed by atoms with Crippen molar-refractivity contribution in [1.82, 2.24) is 0 Å². The van der Waals surface area contributed by atoms with E-state index in [0.717, 1.165) is 9.86 Å². The molecule has 0 nitrogen and oxygen atoms in total. The number of fused-ring (bicyclic) bond motifs is 1. The lowest BCUT2D eigenvalue weighted by Crippen LogP contribution is -1.71. The standard InChI is InChI=1S/C10H6Br/c11-10-7-3-5-8-4-1-2-6-9(8)10/h1-4,6-7H. The summed E-state index contributed by atoms with van der Waals surface area (Å²) in [4.78, 5) is 0. The molecule has 2 aromatic carbocycles. The molecule has 1 heteroatoms. The Morgan fingerprint density at radius 1 is 1.09 bits per heavy atom. The maximum atomic E-state index is 3.48. The molecule has 0 aliphatic rings. The van der Waals surface area contributed by atoms with Crippen molar-refractivity contribution in [3.63, 3.8) is 0 Å². The summed E-state index contributed by atoms with van der Waals surface area (Å²) >= 11 is 3.48. The predicted octanol–water partition coefficient (Wildman–Crippen LogP) is 3.40. The Kier molecular flexibility index (Phi) is 1.66. The second-order valence-electron chi connectivity index (χ2n) is 2.37. The van der Waals surface area contributed by atoms with Gasteiger partial charge in [0.25, 0.3) is 0 Å². The average molecular weight is 206 g/mol. The van der Waals surface area contributed by atoms with Gasteiger partial charge in [-0.25, -0.2) is 0 Å². The minimum Gasteiger partial charge on any atom is -0.0616 e. The molecule has 0 spiro atoms.